The molecule has 0 radical (unpaired) electrons. The van der Waals surface area contributed by atoms with Crippen molar-refractivity contribution in [3.63, 3.8) is 0 Å². The summed E-state index contributed by atoms with van der Waals surface area (Å²) in [5.41, 5.74) is 3.17. The summed E-state index contributed by atoms with van der Waals surface area (Å²) in [5, 5.41) is 0. The minimum atomic E-state index is 0.307. The first kappa shape index (κ1) is 11.2. The lowest BCUT2D eigenvalue weighted by molar-refractivity contribution is 0.931. The summed E-state index contributed by atoms with van der Waals surface area (Å²) in [7, 11) is 0. The van der Waals surface area contributed by atoms with Crippen molar-refractivity contribution in [1.82, 2.24) is 15.0 Å². The first-order valence-corrected chi connectivity index (χ1v) is 6.97. The highest BCUT2D eigenvalue weighted by atomic mass is 79.9. The summed E-state index contributed by atoms with van der Waals surface area (Å²) in [6.45, 7) is 0. The molecule has 0 aliphatic heterocycles. The first-order valence-electron chi connectivity index (χ1n) is 5.26. The molecule has 1 N–H and O–H groups in total. The SMILES string of the molecule is BrC1=CCC(Br)c2[nH]c(-c3ccncc3)nc21. The Labute approximate surface area is 116 Å². The van der Waals surface area contributed by atoms with E-state index in [1.165, 1.54) is 0 Å². The number of hydrogen-bond donors (Lipinski definition) is 1. The van der Waals surface area contributed by atoms with Gasteiger partial charge in [-0.1, -0.05) is 22.0 Å². The molecule has 1 unspecified atom stereocenters. The van der Waals surface area contributed by atoms with E-state index in [2.05, 4.69) is 52.9 Å². The number of H-pyrrole nitrogens is 1. The molecule has 1 atom stereocenters. The predicted octanol–water partition coefficient (Wildman–Crippen LogP) is 4.05. The molecule has 2 aromatic heterocycles. The number of nitrogens with zero attached hydrogens (tertiary/aromatic N) is 2. The summed E-state index contributed by atoms with van der Waals surface area (Å²) in [6.07, 6.45) is 6.64. The van der Waals surface area contributed by atoms with E-state index in [0.717, 1.165) is 33.7 Å². The van der Waals surface area contributed by atoms with Gasteiger partial charge in [-0.05, 0) is 34.5 Å². The van der Waals surface area contributed by atoms with Gasteiger partial charge in [-0.15, -0.1) is 0 Å². The highest BCUT2D eigenvalue weighted by molar-refractivity contribution is 9.15. The van der Waals surface area contributed by atoms with Crippen molar-refractivity contribution < 1.29 is 0 Å². The zero-order chi connectivity index (χ0) is 11.8. The maximum Gasteiger partial charge on any atom is 0.138 e. The molecule has 0 aromatic carbocycles. The van der Waals surface area contributed by atoms with Crippen LogP contribution in [0.15, 0.2) is 30.6 Å². The lowest BCUT2D eigenvalue weighted by Gasteiger charge is -2.12. The van der Waals surface area contributed by atoms with Crippen LogP contribution >= 0.6 is 31.9 Å². The maximum absolute atomic E-state index is 4.62. The molecule has 0 spiro atoms. The molecule has 5 heteroatoms. The zero-order valence-corrected chi connectivity index (χ0v) is 12.0. The van der Waals surface area contributed by atoms with E-state index in [1.807, 2.05) is 12.1 Å². The zero-order valence-electron chi connectivity index (χ0n) is 8.82. The highest BCUT2D eigenvalue weighted by Gasteiger charge is 2.23. The Morgan fingerprint density at radius 3 is 2.76 bits per heavy atom. The fourth-order valence-corrected chi connectivity index (χ4v) is 2.87. The molecule has 0 bridgehead atoms. The Bertz CT molecular complexity index is 575. The second-order valence-electron chi connectivity index (χ2n) is 3.84. The summed E-state index contributed by atoms with van der Waals surface area (Å²) in [5.74, 6) is 0.883. The Morgan fingerprint density at radius 2 is 2.06 bits per heavy atom. The van der Waals surface area contributed by atoms with Crippen LogP contribution in [-0.2, 0) is 0 Å². The summed E-state index contributed by atoms with van der Waals surface area (Å²) >= 11 is 7.20. The minimum Gasteiger partial charge on any atom is -0.340 e. The minimum absolute atomic E-state index is 0.307. The number of aromatic amines is 1. The Hall–Kier alpha value is -0.940. The van der Waals surface area contributed by atoms with Gasteiger partial charge in [-0.2, -0.15) is 0 Å². The van der Waals surface area contributed by atoms with Gasteiger partial charge in [-0.25, -0.2) is 4.98 Å². The number of pyridine rings is 1. The Morgan fingerprint density at radius 1 is 1.29 bits per heavy atom. The van der Waals surface area contributed by atoms with Crippen molar-refractivity contribution in [3.05, 3.63) is 42.0 Å². The molecule has 0 saturated heterocycles. The molecule has 3 rings (SSSR count). The van der Waals surface area contributed by atoms with Gasteiger partial charge in [-0.3, -0.25) is 4.98 Å². The van der Waals surface area contributed by atoms with E-state index >= 15 is 0 Å². The fraction of sp³-hybridized carbons (Fsp3) is 0.167. The van der Waals surface area contributed by atoms with Crippen molar-refractivity contribution in [2.45, 2.75) is 11.2 Å². The number of allylic oxidation sites excluding steroid dienone is 1. The summed E-state index contributed by atoms with van der Waals surface area (Å²) in [4.78, 5) is 12.3. The Kier molecular flexibility index (Phi) is 2.88. The normalized spacial score (nSPS) is 18.7. The maximum atomic E-state index is 4.62. The van der Waals surface area contributed by atoms with E-state index in [9.17, 15) is 0 Å². The standard InChI is InChI=1S/C12H9Br2N3/c13-8-1-2-9(14)11-10(8)16-12(17-11)7-3-5-15-6-4-7/h1,3-6,9H,2H2,(H,16,17). The van der Waals surface area contributed by atoms with Crippen LogP contribution in [0.2, 0.25) is 0 Å². The summed E-state index contributed by atoms with van der Waals surface area (Å²) < 4.78 is 1.06. The lowest BCUT2D eigenvalue weighted by atomic mass is 10.1. The van der Waals surface area contributed by atoms with Crippen molar-refractivity contribution in [3.8, 4) is 11.4 Å². The third-order valence-corrected chi connectivity index (χ3v) is 4.26. The predicted molar refractivity (Wildman–Crippen MR) is 75.0 cm³/mol. The Balaban J connectivity index is 2.11. The molecule has 0 fully saturated rings. The van der Waals surface area contributed by atoms with Crippen molar-refractivity contribution in [2.24, 2.45) is 0 Å². The third kappa shape index (κ3) is 1.98. The van der Waals surface area contributed by atoms with Crippen molar-refractivity contribution in [1.29, 1.82) is 0 Å². The summed E-state index contributed by atoms with van der Waals surface area (Å²) in [6, 6.07) is 3.90. The van der Waals surface area contributed by atoms with Gasteiger partial charge < -0.3 is 4.98 Å². The van der Waals surface area contributed by atoms with Crippen LogP contribution in [0, 0.1) is 0 Å². The smallest absolute Gasteiger partial charge is 0.138 e. The molecular weight excluding hydrogens is 346 g/mol. The van der Waals surface area contributed by atoms with Crippen molar-refractivity contribution >= 4 is 36.3 Å². The number of alkyl halides is 1. The largest absolute Gasteiger partial charge is 0.340 e. The van der Waals surface area contributed by atoms with E-state index < -0.39 is 0 Å². The van der Waals surface area contributed by atoms with Crippen molar-refractivity contribution in [2.75, 3.05) is 0 Å². The first-order chi connectivity index (χ1) is 8.25. The van der Waals surface area contributed by atoms with Gasteiger partial charge in [0.05, 0.1) is 16.2 Å². The molecule has 17 heavy (non-hydrogen) atoms. The van der Waals surface area contributed by atoms with E-state index in [-0.39, 0.29) is 0 Å². The fourth-order valence-electron chi connectivity index (χ4n) is 1.86. The van der Waals surface area contributed by atoms with E-state index in [4.69, 9.17) is 0 Å². The number of imidazole rings is 1. The van der Waals surface area contributed by atoms with E-state index in [1.54, 1.807) is 12.4 Å². The molecule has 1 aliphatic rings. The topological polar surface area (TPSA) is 41.6 Å². The molecule has 0 amide bonds. The van der Waals surface area contributed by atoms with Crippen LogP contribution in [0.3, 0.4) is 0 Å². The molecule has 2 heterocycles. The van der Waals surface area contributed by atoms with Crippen LogP contribution in [-0.4, -0.2) is 15.0 Å². The van der Waals surface area contributed by atoms with Crippen LogP contribution < -0.4 is 0 Å². The molecule has 2 aromatic rings. The monoisotopic (exact) mass is 353 g/mol. The average molecular weight is 355 g/mol. The number of nitrogens with one attached hydrogen (secondary N) is 1. The lowest BCUT2D eigenvalue weighted by Crippen LogP contribution is -1.98. The number of rotatable bonds is 1. The van der Waals surface area contributed by atoms with Crippen LogP contribution in [0.5, 0.6) is 0 Å². The van der Waals surface area contributed by atoms with Gasteiger partial charge in [0.15, 0.2) is 0 Å². The molecule has 1 aliphatic carbocycles. The molecular formula is C12H9Br2N3. The highest BCUT2D eigenvalue weighted by Crippen LogP contribution is 2.40. The quantitative estimate of drug-likeness (QED) is 0.785. The third-order valence-electron chi connectivity index (χ3n) is 2.73. The van der Waals surface area contributed by atoms with Gasteiger partial charge in [0.2, 0.25) is 0 Å². The number of hydrogen-bond acceptors (Lipinski definition) is 2. The molecule has 3 nitrogen and oxygen atoms in total. The molecule has 0 saturated carbocycles. The number of halogens is 2. The second-order valence-corrected chi connectivity index (χ2v) is 5.80. The van der Waals surface area contributed by atoms with Crippen LogP contribution in [0.1, 0.15) is 22.6 Å². The van der Waals surface area contributed by atoms with Gasteiger partial charge in [0.1, 0.15) is 5.82 Å². The van der Waals surface area contributed by atoms with Gasteiger partial charge in [0.25, 0.3) is 0 Å². The molecule has 86 valence electrons. The second kappa shape index (κ2) is 4.38. The van der Waals surface area contributed by atoms with Gasteiger partial charge >= 0.3 is 0 Å². The van der Waals surface area contributed by atoms with Crippen LogP contribution in [0.4, 0.5) is 0 Å². The van der Waals surface area contributed by atoms with E-state index in [0.29, 0.717) is 4.83 Å². The van der Waals surface area contributed by atoms with Gasteiger partial charge in [0, 0.05) is 22.4 Å². The number of aromatic nitrogens is 3. The number of fused-ring (bicyclic) bond motifs is 1. The average Bonchev–Trinajstić information content (AvgIpc) is 2.81. The van der Waals surface area contributed by atoms with Crippen LogP contribution in [0.25, 0.3) is 15.9 Å².